The Morgan fingerprint density at radius 1 is 1.36 bits per heavy atom. The molecule has 0 bridgehead atoms. The van der Waals surface area contributed by atoms with Crippen LogP contribution in [0, 0.1) is 28.6 Å². The fourth-order valence-electron chi connectivity index (χ4n) is 5.66. The largest absolute Gasteiger partial charge is 0.481 e. The summed E-state index contributed by atoms with van der Waals surface area (Å²) in [6.07, 6.45) is 7.08. The van der Waals surface area contributed by atoms with Gasteiger partial charge in [0.05, 0.1) is 12.5 Å². The minimum Gasteiger partial charge on any atom is -0.481 e. The van der Waals surface area contributed by atoms with Crippen LogP contribution in [0.5, 0.6) is 0 Å². The third-order valence-electron chi connectivity index (χ3n) is 7.20. The van der Waals surface area contributed by atoms with Gasteiger partial charge in [0.25, 0.3) is 0 Å². The lowest BCUT2D eigenvalue weighted by atomic mass is 9.46. The number of methoxy groups -OCH3 is 1. The van der Waals surface area contributed by atoms with Crippen molar-refractivity contribution >= 4 is 11.9 Å². The fourth-order valence-corrected chi connectivity index (χ4v) is 5.66. The molecule has 4 heteroatoms. The Labute approximate surface area is 152 Å². The van der Waals surface area contributed by atoms with Crippen LogP contribution in [0.1, 0.15) is 72.1 Å². The molecule has 0 aromatic heterocycles. The number of allylic oxidation sites excluding steroid dienone is 1. The zero-order valence-corrected chi connectivity index (χ0v) is 16.3. The third-order valence-corrected chi connectivity index (χ3v) is 7.20. The predicted molar refractivity (Wildman–Crippen MR) is 98.1 cm³/mol. The van der Waals surface area contributed by atoms with Gasteiger partial charge in [0, 0.05) is 6.42 Å². The second kappa shape index (κ2) is 7.51. The predicted octanol–water partition coefficient (Wildman–Crippen LogP) is 4.83. The van der Waals surface area contributed by atoms with Gasteiger partial charge in [-0.2, -0.15) is 0 Å². The minimum atomic E-state index is -0.645. The smallest absolute Gasteiger partial charge is 0.309 e. The standard InChI is InChI=1S/C21H34O4/c1-14(13-18(22)25-5)7-9-16-15(2)8-10-17-20(16,3)11-6-12-21(17,4)19(23)24/h14,16-17H,2,6-13H2,1,3-5H3,(H,23,24)/t14-,16-,17-,20+,21+/m1/s1. The molecule has 2 aliphatic carbocycles. The van der Waals surface area contributed by atoms with E-state index in [-0.39, 0.29) is 23.2 Å². The molecule has 2 rings (SSSR count). The van der Waals surface area contributed by atoms with Gasteiger partial charge in [-0.05, 0) is 68.6 Å². The Morgan fingerprint density at radius 2 is 2.04 bits per heavy atom. The number of carbonyl (C=O) groups excluding carboxylic acids is 1. The normalized spacial score (nSPS) is 36.4. The highest BCUT2D eigenvalue weighted by Crippen LogP contribution is 2.62. The maximum atomic E-state index is 12.0. The van der Waals surface area contributed by atoms with E-state index in [1.165, 1.54) is 12.7 Å². The summed E-state index contributed by atoms with van der Waals surface area (Å²) in [5.41, 5.74) is 0.661. The average molecular weight is 350 g/mol. The molecule has 0 aromatic rings. The highest BCUT2D eigenvalue weighted by Gasteiger charge is 2.57. The van der Waals surface area contributed by atoms with Gasteiger partial charge in [-0.15, -0.1) is 0 Å². The molecular formula is C21H34O4. The van der Waals surface area contributed by atoms with E-state index in [2.05, 4.69) is 20.4 Å². The topological polar surface area (TPSA) is 63.6 Å². The monoisotopic (exact) mass is 350 g/mol. The van der Waals surface area contributed by atoms with Crippen LogP contribution in [0.3, 0.4) is 0 Å². The van der Waals surface area contributed by atoms with Crippen LogP contribution in [0.4, 0.5) is 0 Å². The number of esters is 1. The Balaban J connectivity index is 2.15. The van der Waals surface area contributed by atoms with Crippen LogP contribution in [-0.4, -0.2) is 24.2 Å². The molecule has 1 N–H and O–H groups in total. The van der Waals surface area contributed by atoms with Crippen molar-refractivity contribution in [3.05, 3.63) is 12.2 Å². The summed E-state index contributed by atoms with van der Waals surface area (Å²) in [4.78, 5) is 23.5. The molecule has 0 radical (unpaired) electrons. The number of carboxylic acid groups (broad SMARTS) is 1. The zero-order chi connectivity index (χ0) is 18.8. The first-order chi connectivity index (χ1) is 11.6. The molecule has 142 valence electrons. The van der Waals surface area contributed by atoms with Gasteiger partial charge in [-0.25, -0.2) is 0 Å². The second-order valence-electron chi connectivity index (χ2n) is 8.85. The molecule has 0 aliphatic heterocycles. The summed E-state index contributed by atoms with van der Waals surface area (Å²) < 4.78 is 4.77. The van der Waals surface area contributed by atoms with E-state index < -0.39 is 11.4 Å². The number of rotatable bonds is 6. The van der Waals surface area contributed by atoms with Crippen molar-refractivity contribution in [1.29, 1.82) is 0 Å². The first-order valence-corrected chi connectivity index (χ1v) is 9.63. The van der Waals surface area contributed by atoms with Crippen LogP contribution in [-0.2, 0) is 14.3 Å². The van der Waals surface area contributed by atoms with Gasteiger partial charge in [0.2, 0.25) is 0 Å². The van der Waals surface area contributed by atoms with E-state index in [0.29, 0.717) is 12.3 Å². The molecule has 2 saturated carbocycles. The summed E-state index contributed by atoms with van der Waals surface area (Å²) in [5.74, 6) is 0.0329. The molecule has 0 unspecified atom stereocenters. The summed E-state index contributed by atoms with van der Waals surface area (Å²) in [5, 5.41) is 9.87. The lowest BCUT2D eigenvalue weighted by Gasteiger charge is -2.57. The maximum Gasteiger partial charge on any atom is 0.309 e. The van der Waals surface area contributed by atoms with Crippen molar-refractivity contribution in [2.45, 2.75) is 72.1 Å². The highest BCUT2D eigenvalue weighted by molar-refractivity contribution is 5.75. The quantitative estimate of drug-likeness (QED) is 0.550. The molecule has 0 spiro atoms. The van der Waals surface area contributed by atoms with E-state index in [1.807, 2.05) is 6.92 Å². The Hall–Kier alpha value is -1.32. The lowest BCUT2D eigenvalue weighted by molar-refractivity contribution is -0.164. The number of hydrogen-bond acceptors (Lipinski definition) is 3. The molecule has 0 aromatic carbocycles. The Kier molecular flexibility index (Phi) is 6.01. The van der Waals surface area contributed by atoms with Crippen molar-refractivity contribution < 1.29 is 19.4 Å². The van der Waals surface area contributed by atoms with E-state index in [1.54, 1.807) is 0 Å². The Morgan fingerprint density at radius 3 is 2.64 bits per heavy atom. The minimum absolute atomic E-state index is 0.00566. The van der Waals surface area contributed by atoms with Gasteiger partial charge in [0.1, 0.15) is 0 Å². The average Bonchev–Trinajstić information content (AvgIpc) is 2.53. The van der Waals surface area contributed by atoms with E-state index >= 15 is 0 Å². The molecule has 4 nitrogen and oxygen atoms in total. The first-order valence-electron chi connectivity index (χ1n) is 9.63. The number of carbonyl (C=O) groups is 2. The molecule has 2 aliphatic rings. The van der Waals surface area contributed by atoms with Crippen LogP contribution in [0.25, 0.3) is 0 Å². The SMILES string of the molecule is C=C1CC[C@@H]2[C@@](C)(CCC[C@]2(C)C(=O)O)[C@@H]1CC[C@@H](C)CC(=O)OC. The van der Waals surface area contributed by atoms with Crippen LogP contribution < -0.4 is 0 Å². The lowest BCUT2D eigenvalue weighted by Crippen LogP contribution is -2.53. The Bertz CT molecular complexity index is 540. The summed E-state index contributed by atoms with van der Waals surface area (Å²) >= 11 is 0. The maximum absolute atomic E-state index is 12.0. The van der Waals surface area contributed by atoms with Gasteiger partial charge < -0.3 is 9.84 Å². The van der Waals surface area contributed by atoms with Crippen LogP contribution in [0.15, 0.2) is 12.2 Å². The number of fused-ring (bicyclic) bond motifs is 1. The first kappa shape index (κ1) is 20.0. The van der Waals surface area contributed by atoms with Crippen LogP contribution in [0.2, 0.25) is 0 Å². The molecule has 0 saturated heterocycles. The van der Waals surface area contributed by atoms with E-state index in [4.69, 9.17) is 4.74 Å². The van der Waals surface area contributed by atoms with Crippen molar-refractivity contribution in [1.82, 2.24) is 0 Å². The number of aliphatic carboxylic acids is 1. The number of carboxylic acids is 1. The fraction of sp³-hybridized carbons (Fsp3) is 0.810. The van der Waals surface area contributed by atoms with Gasteiger partial charge in [-0.1, -0.05) is 32.4 Å². The van der Waals surface area contributed by atoms with Gasteiger partial charge in [0.15, 0.2) is 0 Å². The molecule has 2 fully saturated rings. The molecule has 0 heterocycles. The van der Waals surface area contributed by atoms with E-state index in [0.717, 1.165) is 44.9 Å². The number of ether oxygens (including phenoxy) is 1. The zero-order valence-electron chi connectivity index (χ0n) is 16.3. The highest BCUT2D eigenvalue weighted by atomic mass is 16.5. The second-order valence-corrected chi connectivity index (χ2v) is 8.85. The van der Waals surface area contributed by atoms with Crippen LogP contribution >= 0.6 is 0 Å². The van der Waals surface area contributed by atoms with Crippen molar-refractivity contribution in [2.75, 3.05) is 7.11 Å². The summed E-state index contributed by atoms with van der Waals surface area (Å²) in [7, 11) is 1.43. The van der Waals surface area contributed by atoms with Gasteiger partial charge >= 0.3 is 11.9 Å². The molecule has 25 heavy (non-hydrogen) atoms. The summed E-state index contributed by atoms with van der Waals surface area (Å²) in [6, 6.07) is 0. The van der Waals surface area contributed by atoms with Crippen molar-refractivity contribution in [3.63, 3.8) is 0 Å². The van der Waals surface area contributed by atoms with E-state index in [9.17, 15) is 14.7 Å². The van der Waals surface area contributed by atoms with Gasteiger partial charge in [-0.3, -0.25) is 9.59 Å². The van der Waals surface area contributed by atoms with Crippen molar-refractivity contribution in [3.8, 4) is 0 Å². The molecule has 0 amide bonds. The molecule has 5 atom stereocenters. The molecular weight excluding hydrogens is 316 g/mol. The third kappa shape index (κ3) is 3.78. The number of hydrogen-bond donors (Lipinski definition) is 1. The van der Waals surface area contributed by atoms with Crippen molar-refractivity contribution in [2.24, 2.45) is 28.6 Å². The summed E-state index contributed by atoms with van der Waals surface area (Å²) in [6.45, 7) is 10.7.